The van der Waals surface area contributed by atoms with E-state index < -0.39 is 15.9 Å². The molecule has 0 atom stereocenters. The third-order valence-corrected chi connectivity index (χ3v) is 5.14. The largest absolute Gasteiger partial charge is 0.379 e. The number of amides is 2. The van der Waals surface area contributed by atoms with E-state index >= 15 is 0 Å². The van der Waals surface area contributed by atoms with Crippen LogP contribution in [0.1, 0.15) is 6.92 Å². The van der Waals surface area contributed by atoms with E-state index in [-0.39, 0.29) is 12.5 Å². The van der Waals surface area contributed by atoms with Gasteiger partial charge in [0.2, 0.25) is 21.8 Å². The second-order valence-corrected chi connectivity index (χ2v) is 8.21. The molecule has 27 heavy (non-hydrogen) atoms. The second kappa shape index (κ2) is 9.67. The van der Waals surface area contributed by atoms with Crippen LogP contribution in [-0.4, -0.2) is 77.3 Å². The van der Waals surface area contributed by atoms with Crippen molar-refractivity contribution < 1.29 is 22.7 Å². The number of hydrogen-bond donors (Lipinski definition) is 2. The minimum Gasteiger partial charge on any atom is -0.379 e. The molecule has 1 fully saturated rings. The van der Waals surface area contributed by atoms with Crippen molar-refractivity contribution in [3.63, 3.8) is 0 Å². The highest BCUT2D eigenvalue weighted by atomic mass is 32.2. The van der Waals surface area contributed by atoms with Gasteiger partial charge >= 0.3 is 0 Å². The number of anilines is 2. The highest BCUT2D eigenvalue weighted by Gasteiger charge is 2.21. The maximum absolute atomic E-state index is 12.2. The molecule has 0 aromatic heterocycles. The van der Waals surface area contributed by atoms with E-state index in [9.17, 15) is 18.0 Å². The van der Waals surface area contributed by atoms with Crippen LogP contribution in [0.15, 0.2) is 24.3 Å². The number of benzene rings is 1. The zero-order valence-corrected chi connectivity index (χ0v) is 16.4. The Morgan fingerprint density at radius 1 is 1.26 bits per heavy atom. The molecular weight excluding hydrogens is 372 g/mol. The zero-order chi connectivity index (χ0) is 19.9. The van der Waals surface area contributed by atoms with Gasteiger partial charge in [-0.05, 0) is 18.2 Å². The SMILES string of the molecule is CC(=O)Nc1cccc(N(CC(=O)NCCN2CCOCC2)S(C)(=O)=O)c1. The second-order valence-electron chi connectivity index (χ2n) is 6.31. The number of nitrogens with zero attached hydrogens (tertiary/aromatic N) is 2. The number of morpholine rings is 1. The normalized spacial score (nSPS) is 15.2. The van der Waals surface area contributed by atoms with Gasteiger partial charge in [-0.2, -0.15) is 0 Å². The molecule has 0 radical (unpaired) electrons. The van der Waals surface area contributed by atoms with Crippen molar-refractivity contribution in [1.82, 2.24) is 10.2 Å². The fraction of sp³-hybridized carbons (Fsp3) is 0.529. The third-order valence-electron chi connectivity index (χ3n) is 4.00. The number of ether oxygens (including phenoxy) is 1. The molecule has 0 unspecified atom stereocenters. The summed E-state index contributed by atoms with van der Waals surface area (Å²) < 4.78 is 30.6. The van der Waals surface area contributed by atoms with Crippen molar-refractivity contribution in [3.05, 3.63) is 24.3 Å². The molecule has 2 N–H and O–H groups in total. The number of carbonyl (C=O) groups excluding carboxylic acids is 2. The Kier molecular flexibility index (Phi) is 7.57. The molecule has 0 spiro atoms. The van der Waals surface area contributed by atoms with Crippen LogP contribution in [-0.2, 0) is 24.3 Å². The van der Waals surface area contributed by atoms with E-state index in [0.29, 0.717) is 37.7 Å². The summed E-state index contributed by atoms with van der Waals surface area (Å²) in [5.74, 6) is -0.655. The molecule has 10 heteroatoms. The quantitative estimate of drug-likeness (QED) is 0.631. The van der Waals surface area contributed by atoms with E-state index in [4.69, 9.17) is 4.74 Å². The van der Waals surface area contributed by atoms with Gasteiger partial charge < -0.3 is 15.4 Å². The van der Waals surface area contributed by atoms with Gasteiger partial charge in [0.1, 0.15) is 6.54 Å². The number of carbonyl (C=O) groups is 2. The summed E-state index contributed by atoms with van der Waals surface area (Å²) in [4.78, 5) is 25.6. The predicted molar refractivity (Wildman–Crippen MR) is 103 cm³/mol. The number of sulfonamides is 1. The van der Waals surface area contributed by atoms with Crippen LogP contribution < -0.4 is 14.9 Å². The molecule has 1 aromatic carbocycles. The van der Waals surface area contributed by atoms with Crippen molar-refractivity contribution in [2.24, 2.45) is 0 Å². The summed E-state index contributed by atoms with van der Waals surface area (Å²) in [6.07, 6.45) is 1.04. The molecule has 0 aliphatic carbocycles. The molecule has 1 aliphatic heterocycles. The monoisotopic (exact) mass is 398 g/mol. The van der Waals surface area contributed by atoms with Crippen LogP contribution in [0.2, 0.25) is 0 Å². The summed E-state index contributed by atoms with van der Waals surface area (Å²) in [6, 6.07) is 6.36. The summed E-state index contributed by atoms with van der Waals surface area (Å²) in [6.45, 7) is 5.16. The Labute approximate surface area is 159 Å². The van der Waals surface area contributed by atoms with Gasteiger partial charge in [-0.25, -0.2) is 8.42 Å². The van der Waals surface area contributed by atoms with Crippen molar-refractivity contribution in [2.45, 2.75) is 6.92 Å². The standard InChI is InChI=1S/C17H26N4O5S/c1-14(22)19-15-4-3-5-16(12-15)21(27(2,24)25)13-17(23)18-6-7-20-8-10-26-11-9-20/h3-5,12H,6-11,13H2,1-2H3,(H,18,23)(H,19,22). The average Bonchev–Trinajstić information content (AvgIpc) is 2.59. The highest BCUT2D eigenvalue weighted by Crippen LogP contribution is 2.21. The first-order valence-corrected chi connectivity index (χ1v) is 10.5. The van der Waals surface area contributed by atoms with Crippen molar-refractivity contribution >= 4 is 33.2 Å². The molecule has 2 amide bonds. The minimum atomic E-state index is -3.67. The van der Waals surface area contributed by atoms with Crippen molar-refractivity contribution in [1.29, 1.82) is 0 Å². The van der Waals surface area contributed by atoms with E-state index in [1.165, 1.54) is 13.0 Å². The highest BCUT2D eigenvalue weighted by molar-refractivity contribution is 7.92. The van der Waals surface area contributed by atoms with Gasteiger partial charge in [0, 0.05) is 38.8 Å². The Morgan fingerprint density at radius 3 is 2.59 bits per heavy atom. The average molecular weight is 398 g/mol. The van der Waals surface area contributed by atoms with Crippen LogP contribution >= 0.6 is 0 Å². The topological polar surface area (TPSA) is 108 Å². The van der Waals surface area contributed by atoms with Crippen molar-refractivity contribution in [2.75, 3.05) is 61.8 Å². The van der Waals surface area contributed by atoms with E-state index in [2.05, 4.69) is 15.5 Å². The predicted octanol–water partition coefficient (Wildman–Crippen LogP) is -0.141. The first kappa shape index (κ1) is 21.1. The molecule has 0 saturated carbocycles. The number of rotatable bonds is 8. The van der Waals surface area contributed by atoms with E-state index in [1.807, 2.05) is 0 Å². The Balaban J connectivity index is 1.98. The maximum atomic E-state index is 12.2. The molecule has 1 heterocycles. The maximum Gasteiger partial charge on any atom is 0.240 e. The van der Waals surface area contributed by atoms with Crippen LogP contribution in [0.25, 0.3) is 0 Å². The van der Waals surface area contributed by atoms with Gasteiger partial charge in [0.15, 0.2) is 0 Å². The Morgan fingerprint density at radius 2 is 1.96 bits per heavy atom. The van der Waals surface area contributed by atoms with Crippen LogP contribution in [0.5, 0.6) is 0 Å². The lowest BCUT2D eigenvalue weighted by atomic mass is 10.2. The lowest BCUT2D eigenvalue weighted by Gasteiger charge is -2.27. The fourth-order valence-corrected chi connectivity index (χ4v) is 3.55. The smallest absolute Gasteiger partial charge is 0.240 e. The molecule has 0 bridgehead atoms. The first-order valence-electron chi connectivity index (χ1n) is 8.68. The molecule has 1 aromatic rings. The van der Waals surface area contributed by atoms with Crippen LogP contribution in [0.3, 0.4) is 0 Å². The molecule has 150 valence electrons. The molecule has 1 aliphatic rings. The Bertz CT molecular complexity index is 762. The molecular formula is C17H26N4O5S. The van der Waals surface area contributed by atoms with Gasteiger partial charge in [0.05, 0.1) is 25.2 Å². The third kappa shape index (κ3) is 7.16. The summed E-state index contributed by atoms with van der Waals surface area (Å²) >= 11 is 0. The van der Waals surface area contributed by atoms with Gasteiger partial charge in [-0.15, -0.1) is 0 Å². The van der Waals surface area contributed by atoms with Crippen molar-refractivity contribution in [3.8, 4) is 0 Å². The number of hydrogen-bond acceptors (Lipinski definition) is 6. The molecule has 1 saturated heterocycles. The summed E-state index contributed by atoms with van der Waals surface area (Å²) in [5, 5.41) is 5.35. The lowest BCUT2D eigenvalue weighted by Crippen LogP contribution is -2.44. The van der Waals surface area contributed by atoms with Gasteiger partial charge in [-0.1, -0.05) is 6.07 Å². The molecule has 9 nitrogen and oxygen atoms in total. The van der Waals surface area contributed by atoms with Gasteiger partial charge in [-0.3, -0.25) is 18.8 Å². The number of nitrogens with one attached hydrogen (secondary N) is 2. The lowest BCUT2D eigenvalue weighted by molar-refractivity contribution is -0.119. The minimum absolute atomic E-state index is 0.265. The van der Waals surface area contributed by atoms with E-state index in [0.717, 1.165) is 23.7 Å². The summed E-state index contributed by atoms with van der Waals surface area (Å²) in [5.41, 5.74) is 0.772. The Hall–Kier alpha value is -2.17. The summed E-state index contributed by atoms with van der Waals surface area (Å²) in [7, 11) is -3.67. The fourth-order valence-electron chi connectivity index (χ4n) is 2.71. The zero-order valence-electron chi connectivity index (χ0n) is 15.6. The molecule has 2 rings (SSSR count). The van der Waals surface area contributed by atoms with Crippen LogP contribution in [0, 0.1) is 0 Å². The van der Waals surface area contributed by atoms with Gasteiger partial charge in [0.25, 0.3) is 0 Å². The van der Waals surface area contributed by atoms with Crippen LogP contribution in [0.4, 0.5) is 11.4 Å². The van der Waals surface area contributed by atoms with E-state index in [1.54, 1.807) is 18.2 Å². The first-order chi connectivity index (χ1) is 12.8.